The number of piperidine rings is 1. The lowest BCUT2D eigenvalue weighted by Gasteiger charge is -2.35. The number of amides is 1. The topological polar surface area (TPSA) is 20.3 Å². The standard InChI is InChI=1S/C14H17BrClNO/c1-9-5-6-17(8-10(9)2)14(18)12-7-11(16)3-4-13(12)15/h3-4,7,9-10H,5-6,8H2,1-2H3. The molecule has 1 amide bonds. The first-order valence-corrected chi connectivity index (χ1v) is 7.40. The highest BCUT2D eigenvalue weighted by molar-refractivity contribution is 9.10. The summed E-state index contributed by atoms with van der Waals surface area (Å²) < 4.78 is 0.808. The lowest BCUT2D eigenvalue weighted by molar-refractivity contribution is 0.0626. The number of nitrogens with zero attached hydrogens (tertiary/aromatic N) is 1. The molecule has 18 heavy (non-hydrogen) atoms. The van der Waals surface area contributed by atoms with E-state index in [1.165, 1.54) is 0 Å². The van der Waals surface area contributed by atoms with Crippen LogP contribution in [0.2, 0.25) is 5.02 Å². The quantitative estimate of drug-likeness (QED) is 0.755. The lowest BCUT2D eigenvalue weighted by Crippen LogP contribution is -2.42. The molecule has 0 saturated carbocycles. The molecule has 0 N–H and O–H groups in total. The van der Waals surface area contributed by atoms with Crippen molar-refractivity contribution < 1.29 is 4.79 Å². The fraction of sp³-hybridized carbons (Fsp3) is 0.500. The van der Waals surface area contributed by atoms with Gasteiger partial charge in [0.25, 0.3) is 5.91 Å². The first-order valence-electron chi connectivity index (χ1n) is 6.23. The molecule has 2 atom stereocenters. The van der Waals surface area contributed by atoms with Crippen molar-refractivity contribution in [3.05, 3.63) is 33.3 Å². The predicted molar refractivity (Wildman–Crippen MR) is 78.0 cm³/mol. The van der Waals surface area contributed by atoms with E-state index in [-0.39, 0.29) is 5.91 Å². The molecule has 1 aromatic carbocycles. The summed E-state index contributed by atoms with van der Waals surface area (Å²) in [7, 11) is 0. The third-order valence-corrected chi connectivity index (χ3v) is 4.71. The van der Waals surface area contributed by atoms with Crippen molar-refractivity contribution in [2.45, 2.75) is 20.3 Å². The second-order valence-corrected chi connectivity index (χ2v) is 6.41. The summed E-state index contributed by atoms with van der Waals surface area (Å²) in [5, 5.41) is 0.597. The van der Waals surface area contributed by atoms with Gasteiger partial charge in [-0.05, 0) is 52.4 Å². The van der Waals surface area contributed by atoms with Crippen LogP contribution in [-0.4, -0.2) is 23.9 Å². The largest absolute Gasteiger partial charge is 0.338 e. The Labute approximate surface area is 121 Å². The Balaban J connectivity index is 2.19. The monoisotopic (exact) mass is 329 g/mol. The smallest absolute Gasteiger partial charge is 0.255 e. The van der Waals surface area contributed by atoms with Crippen LogP contribution in [0.1, 0.15) is 30.6 Å². The second-order valence-electron chi connectivity index (χ2n) is 5.12. The highest BCUT2D eigenvalue weighted by atomic mass is 79.9. The Hall–Kier alpha value is -0.540. The van der Waals surface area contributed by atoms with Gasteiger partial charge in [0, 0.05) is 22.6 Å². The van der Waals surface area contributed by atoms with E-state index in [2.05, 4.69) is 29.8 Å². The molecule has 1 aromatic rings. The van der Waals surface area contributed by atoms with Gasteiger partial charge in [-0.15, -0.1) is 0 Å². The van der Waals surface area contributed by atoms with Gasteiger partial charge in [0.1, 0.15) is 0 Å². The number of hydrogen-bond acceptors (Lipinski definition) is 1. The molecule has 1 aliphatic heterocycles. The van der Waals surface area contributed by atoms with Crippen molar-refractivity contribution in [1.82, 2.24) is 4.90 Å². The van der Waals surface area contributed by atoms with Gasteiger partial charge >= 0.3 is 0 Å². The molecule has 2 rings (SSSR count). The molecule has 1 heterocycles. The minimum absolute atomic E-state index is 0.0723. The van der Waals surface area contributed by atoms with Gasteiger partial charge in [0.05, 0.1) is 5.56 Å². The highest BCUT2D eigenvalue weighted by Gasteiger charge is 2.27. The number of rotatable bonds is 1. The number of halogens is 2. The summed E-state index contributed by atoms with van der Waals surface area (Å²) in [4.78, 5) is 14.4. The maximum atomic E-state index is 12.5. The van der Waals surface area contributed by atoms with Crippen molar-refractivity contribution >= 4 is 33.4 Å². The van der Waals surface area contributed by atoms with E-state index in [1.807, 2.05) is 11.0 Å². The maximum Gasteiger partial charge on any atom is 0.255 e. The zero-order chi connectivity index (χ0) is 13.3. The molecule has 1 saturated heterocycles. The third-order valence-electron chi connectivity index (χ3n) is 3.78. The van der Waals surface area contributed by atoms with Crippen LogP contribution in [0.25, 0.3) is 0 Å². The Morgan fingerprint density at radius 2 is 2.11 bits per heavy atom. The maximum absolute atomic E-state index is 12.5. The van der Waals surface area contributed by atoms with Crippen LogP contribution in [0.5, 0.6) is 0 Å². The summed E-state index contributed by atoms with van der Waals surface area (Å²) in [6.07, 6.45) is 1.07. The van der Waals surface area contributed by atoms with Crippen LogP contribution in [0.15, 0.2) is 22.7 Å². The first-order chi connectivity index (χ1) is 8.49. The van der Waals surface area contributed by atoms with Crippen molar-refractivity contribution in [1.29, 1.82) is 0 Å². The molecule has 98 valence electrons. The molecule has 1 fully saturated rings. The molecule has 2 nitrogen and oxygen atoms in total. The zero-order valence-electron chi connectivity index (χ0n) is 10.6. The van der Waals surface area contributed by atoms with Crippen LogP contribution >= 0.6 is 27.5 Å². The normalized spacial score (nSPS) is 24.1. The number of hydrogen-bond donors (Lipinski definition) is 0. The first kappa shape index (κ1) is 13.9. The molecular weight excluding hydrogens is 314 g/mol. The summed E-state index contributed by atoms with van der Waals surface area (Å²) in [6, 6.07) is 5.34. The lowest BCUT2D eigenvalue weighted by atomic mass is 9.88. The van der Waals surface area contributed by atoms with E-state index in [0.29, 0.717) is 22.4 Å². The third kappa shape index (κ3) is 2.89. The molecule has 4 heteroatoms. The van der Waals surface area contributed by atoms with Gasteiger partial charge in [-0.2, -0.15) is 0 Å². The minimum Gasteiger partial charge on any atom is -0.338 e. The van der Waals surface area contributed by atoms with Crippen molar-refractivity contribution in [2.75, 3.05) is 13.1 Å². The molecular formula is C14H17BrClNO. The number of carbonyl (C=O) groups is 1. The zero-order valence-corrected chi connectivity index (χ0v) is 13.0. The number of likely N-dealkylation sites (tertiary alicyclic amines) is 1. The molecule has 0 radical (unpaired) electrons. The Bertz CT molecular complexity index is 463. The van der Waals surface area contributed by atoms with Crippen LogP contribution in [-0.2, 0) is 0 Å². The summed E-state index contributed by atoms with van der Waals surface area (Å²) in [5.41, 5.74) is 0.657. The molecule has 0 spiro atoms. The van der Waals surface area contributed by atoms with Crippen LogP contribution in [0.3, 0.4) is 0 Å². The molecule has 0 aliphatic carbocycles. The van der Waals surface area contributed by atoms with Gasteiger partial charge in [-0.25, -0.2) is 0 Å². The number of carbonyl (C=O) groups excluding carboxylic acids is 1. The SMILES string of the molecule is CC1CCN(C(=O)c2cc(Cl)ccc2Br)CC1C. The van der Waals surface area contributed by atoms with Gasteiger partial charge in [-0.1, -0.05) is 25.4 Å². The van der Waals surface area contributed by atoms with Crippen molar-refractivity contribution in [3.8, 4) is 0 Å². The van der Waals surface area contributed by atoms with Gasteiger partial charge in [0.2, 0.25) is 0 Å². The van der Waals surface area contributed by atoms with E-state index >= 15 is 0 Å². The fourth-order valence-electron chi connectivity index (χ4n) is 2.28. The van der Waals surface area contributed by atoms with Crippen LogP contribution in [0.4, 0.5) is 0 Å². The van der Waals surface area contributed by atoms with Gasteiger partial charge < -0.3 is 4.90 Å². The summed E-state index contributed by atoms with van der Waals surface area (Å²) >= 11 is 9.38. The Kier molecular flexibility index (Phi) is 4.33. The Morgan fingerprint density at radius 1 is 1.39 bits per heavy atom. The minimum atomic E-state index is 0.0723. The Morgan fingerprint density at radius 3 is 2.78 bits per heavy atom. The van der Waals surface area contributed by atoms with E-state index in [1.54, 1.807) is 12.1 Å². The summed E-state index contributed by atoms with van der Waals surface area (Å²) in [5.74, 6) is 1.32. The highest BCUT2D eigenvalue weighted by Crippen LogP contribution is 2.27. The van der Waals surface area contributed by atoms with Crippen molar-refractivity contribution in [3.63, 3.8) is 0 Å². The predicted octanol–water partition coefficient (Wildman–Crippen LogP) is 4.22. The van der Waals surface area contributed by atoms with Crippen LogP contribution < -0.4 is 0 Å². The van der Waals surface area contributed by atoms with E-state index in [0.717, 1.165) is 24.0 Å². The van der Waals surface area contributed by atoms with Crippen molar-refractivity contribution in [2.24, 2.45) is 11.8 Å². The molecule has 0 bridgehead atoms. The van der Waals surface area contributed by atoms with E-state index in [4.69, 9.17) is 11.6 Å². The van der Waals surface area contributed by atoms with Gasteiger partial charge in [0.15, 0.2) is 0 Å². The molecule has 0 aromatic heterocycles. The van der Waals surface area contributed by atoms with E-state index in [9.17, 15) is 4.79 Å². The number of benzene rings is 1. The summed E-state index contributed by atoms with van der Waals surface area (Å²) in [6.45, 7) is 6.13. The van der Waals surface area contributed by atoms with Crippen LogP contribution in [0, 0.1) is 11.8 Å². The fourth-order valence-corrected chi connectivity index (χ4v) is 2.87. The van der Waals surface area contributed by atoms with E-state index < -0.39 is 0 Å². The second kappa shape index (κ2) is 5.62. The average molecular weight is 331 g/mol. The molecule has 1 aliphatic rings. The average Bonchev–Trinajstić information content (AvgIpc) is 2.35. The van der Waals surface area contributed by atoms with Gasteiger partial charge in [-0.3, -0.25) is 4.79 Å². The molecule has 2 unspecified atom stereocenters.